The largest absolute Gasteiger partial charge is 0.481 e. The van der Waals surface area contributed by atoms with Gasteiger partial charge in [-0.25, -0.2) is 0 Å². The van der Waals surface area contributed by atoms with Crippen molar-refractivity contribution in [3.63, 3.8) is 0 Å². The number of hydrogen-bond donors (Lipinski definition) is 2. The molecule has 5 nitrogen and oxygen atoms in total. The van der Waals surface area contributed by atoms with E-state index in [1.54, 1.807) is 0 Å². The SMILES string of the molecule is CC1(C)CN(CC2(O)CCC(C(=O)O)CC2)CC(C)(C)O1. The maximum absolute atomic E-state index is 11.0. The summed E-state index contributed by atoms with van der Waals surface area (Å²) in [5, 5.41) is 19.8. The number of nitrogens with zero attached hydrogens (tertiary/aromatic N) is 1. The second kappa shape index (κ2) is 5.52. The Balaban J connectivity index is 1.96. The first kappa shape index (κ1) is 16.7. The van der Waals surface area contributed by atoms with Crippen molar-refractivity contribution in [1.29, 1.82) is 0 Å². The van der Waals surface area contributed by atoms with E-state index in [1.165, 1.54) is 0 Å². The highest BCUT2D eigenvalue weighted by atomic mass is 16.5. The van der Waals surface area contributed by atoms with Crippen LogP contribution in [0.4, 0.5) is 0 Å². The maximum atomic E-state index is 11.0. The smallest absolute Gasteiger partial charge is 0.306 e. The minimum atomic E-state index is -0.755. The van der Waals surface area contributed by atoms with E-state index in [-0.39, 0.29) is 17.1 Å². The van der Waals surface area contributed by atoms with Crippen molar-refractivity contribution < 1.29 is 19.7 Å². The summed E-state index contributed by atoms with van der Waals surface area (Å²) in [6.45, 7) is 10.5. The highest BCUT2D eigenvalue weighted by Gasteiger charge is 2.42. The fraction of sp³-hybridized carbons (Fsp3) is 0.938. The second-order valence-corrected chi connectivity index (χ2v) is 8.10. The van der Waals surface area contributed by atoms with Crippen LogP contribution >= 0.6 is 0 Å². The summed E-state index contributed by atoms with van der Waals surface area (Å²) in [5.74, 6) is -1.02. The third-order valence-corrected chi connectivity index (χ3v) is 4.54. The minimum absolute atomic E-state index is 0.226. The highest BCUT2D eigenvalue weighted by Crippen LogP contribution is 2.35. The quantitative estimate of drug-likeness (QED) is 0.832. The molecule has 2 aliphatic rings. The molecule has 2 fully saturated rings. The Morgan fingerprint density at radius 3 is 2.05 bits per heavy atom. The molecular formula is C16H29NO4. The van der Waals surface area contributed by atoms with E-state index in [4.69, 9.17) is 9.84 Å². The van der Waals surface area contributed by atoms with Gasteiger partial charge < -0.3 is 14.9 Å². The molecule has 1 aliphatic carbocycles. The van der Waals surface area contributed by atoms with Gasteiger partial charge in [-0.2, -0.15) is 0 Å². The van der Waals surface area contributed by atoms with Gasteiger partial charge in [-0.3, -0.25) is 9.69 Å². The van der Waals surface area contributed by atoms with E-state index in [9.17, 15) is 9.90 Å². The Morgan fingerprint density at radius 1 is 1.14 bits per heavy atom. The van der Waals surface area contributed by atoms with Gasteiger partial charge in [-0.15, -0.1) is 0 Å². The van der Waals surface area contributed by atoms with E-state index < -0.39 is 11.6 Å². The van der Waals surface area contributed by atoms with Crippen LogP contribution in [0.3, 0.4) is 0 Å². The number of hydrogen-bond acceptors (Lipinski definition) is 4. The van der Waals surface area contributed by atoms with Crippen LogP contribution in [-0.2, 0) is 9.53 Å². The number of β-amino-alcohol motifs (C(OH)–C–C–N with tert-alkyl or cyclic N) is 1. The zero-order chi connectivity index (χ0) is 15.9. The normalized spacial score (nSPS) is 36.3. The van der Waals surface area contributed by atoms with Crippen molar-refractivity contribution in [1.82, 2.24) is 4.90 Å². The molecule has 1 aliphatic heterocycles. The molecule has 0 unspecified atom stereocenters. The second-order valence-electron chi connectivity index (χ2n) is 8.10. The fourth-order valence-electron chi connectivity index (χ4n) is 4.03. The molecule has 1 saturated carbocycles. The van der Waals surface area contributed by atoms with Gasteiger partial charge in [0, 0.05) is 19.6 Å². The maximum Gasteiger partial charge on any atom is 0.306 e. The molecule has 5 heteroatoms. The number of carboxylic acids is 1. The Morgan fingerprint density at radius 2 is 1.62 bits per heavy atom. The van der Waals surface area contributed by atoms with Crippen LogP contribution in [0, 0.1) is 5.92 Å². The van der Waals surface area contributed by atoms with Gasteiger partial charge in [-0.05, 0) is 53.4 Å². The molecule has 0 atom stereocenters. The Kier molecular flexibility index (Phi) is 4.40. The van der Waals surface area contributed by atoms with E-state index >= 15 is 0 Å². The summed E-state index contributed by atoms with van der Waals surface area (Å²) in [6, 6.07) is 0. The van der Waals surface area contributed by atoms with Crippen LogP contribution in [0.1, 0.15) is 53.4 Å². The van der Waals surface area contributed by atoms with Crippen molar-refractivity contribution in [3.8, 4) is 0 Å². The highest BCUT2D eigenvalue weighted by molar-refractivity contribution is 5.70. The number of carbonyl (C=O) groups is 1. The number of carboxylic acid groups (broad SMARTS) is 1. The first-order valence-electron chi connectivity index (χ1n) is 7.88. The minimum Gasteiger partial charge on any atom is -0.481 e. The first-order valence-corrected chi connectivity index (χ1v) is 7.88. The fourth-order valence-corrected chi connectivity index (χ4v) is 4.03. The zero-order valence-corrected chi connectivity index (χ0v) is 13.7. The lowest BCUT2D eigenvalue weighted by Crippen LogP contribution is -2.60. The molecule has 0 amide bonds. The van der Waals surface area contributed by atoms with Crippen LogP contribution in [0.5, 0.6) is 0 Å². The monoisotopic (exact) mass is 299 g/mol. The van der Waals surface area contributed by atoms with Gasteiger partial charge in [0.05, 0.1) is 22.7 Å². The van der Waals surface area contributed by atoms with Crippen molar-refractivity contribution >= 4 is 5.97 Å². The lowest BCUT2D eigenvalue weighted by atomic mass is 9.78. The van der Waals surface area contributed by atoms with Crippen LogP contribution in [-0.4, -0.2) is 57.5 Å². The predicted molar refractivity (Wildman–Crippen MR) is 80.2 cm³/mol. The van der Waals surface area contributed by atoms with Crippen molar-refractivity contribution in [2.24, 2.45) is 5.92 Å². The third kappa shape index (κ3) is 4.41. The lowest BCUT2D eigenvalue weighted by Gasteiger charge is -2.49. The Bertz CT molecular complexity index is 381. The number of rotatable bonds is 3. The van der Waals surface area contributed by atoms with E-state index in [0.29, 0.717) is 32.2 Å². The topological polar surface area (TPSA) is 70.0 Å². The number of aliphatic carboxylic acids is 1. The number of aliphatic hydroxyl groups is 1. The Labute approximate surface area is 127 Å². The summed E-state index contributed by atoms with van der Waals surface area (Å²) in [4.78, 5) is 13.3. The summed E-state index contributed by atoms with van der Waals surface area (Å²) < 4.78 is 6.06. The molecule has 0 aromatic rings. The first-order chi connectivity index (χ1) is 9.50. The van der Waals surface area contributed by atoms with Gasteiger partial charge >= 0.3 is 5.97 Å². The Hall–Kier alpha value is -0.650. The van der Waals surface area contributed by atoms with Crippen molar-refractivity contribution in [2.45, 2.75) is 70.2 Å². The van der Waals surface area contributed by atoms with Crippen molar-refractivity contribution in [3.05, 3.63) is 0 Å². The van der Waals surface area contributed by atoms with Crippen LogP contribution < -0.4 is 0 Å². The molecule has 0 radical (unpaired) electrons. The summed E-state index contributed by atoms with van der Waals surface area (Å²) in [7, 11) is 0. The molecule has 1 saturated heterocycles. The summed E-state index contributed by atoms with van der Waals surface area (Å²) in [5.41, 5.74) is -1.21. The predicted octanol–water partition coefficient (Wildman–Crippen LogP) is 1.88. The zero-order valence-electron chi connectivity index (χ0n) is 13.7. The summed E-state index contributed by atoms with van der Waals surface area (Å²) in [6.07, 6.45) is 2.29. The van der Waals surface area contributed by atoms with Gasteiger partial charge in [-0.1, -0.05) is 0 Å². The molecular weight excluding hydrogens is 270 g/mol. The van der Waals surface area contributed by atoms with E-state index in [1.807, 2.05) is 0 Å². The van der Waals surface area contributed by atoms with Gasteiger partial charge in [0.1, 0.15) is 0 Å². The van der Waals surface area contributed by atoms with Crippen LogP contribution in [0.25, 0.3) is 0 Å². The van der Waals surface area contributed by atoms with E-state index in [0.717, 1.165) is 13.1 Å². The average molecular weight is 299 g/mol. The molecule has 0 bridgehead atoms. The molecule has 2 N–H and O–H groups in total. The number of ether oxygens (including phenoxy) is 1. The van der Waals surface area contributed by atoms with Crippen LogP contribution in [0.15, 0.2) is 0 Å². The molecule has 0 aromatic heterocycles. The van der Waals surface area contributed by atoms with Gasteiger partial charge in [0.25, 0.3) is 0 Å². The molecule has 2 rings (SSSR count). The molecule has 0 spiro atoms. The molecule has 21 heavy (non-hydrogen) atoms. The third-order valence-electron chi connectivity index (χ3n) is 4.54. The molecule has 0 aromatic carbocycles. The van der Waals surface area contributed by atoms with Gasteiger partial charge in [0.2, 0.25) is 0 Å². The summed E-state index contributed by atoms with van der Waals surface area (Å²) >= 11 is 0. The number of morpholine rings is 1. The molecule has 122 valence electrons. The standard InChI is InChI=1S/C16H29NO4/c1-14(2)9-17(10-15(3,4)21-14)11-16(20)7-5-12(6-8-16)13(18)19/h12,20H,5-11H2,1-4H3,(H,18,19). The van der Waals surface area contributed by atoms with E-state index in [2.05, 4.69) is 32.6 Å². The average Bonchev–Trinajstić information content (AvgIpc) is 2.23. The lowest BCUT2D eigenvalue weighted by molar-refractivity contribution is -0.190. The van der Waals surface area contributed by atoms with Crippen molar-refractivity contribution in [2.75, 3.05) is 19.6 Å². The van der Waals surface area contributed by atoms with Crippen LogP contribution in [0.2, 0.25) is 0 Å². The molecule has 1 heterocycles. The van der Waals surface area contributed by atoms with Gasteiger partial charge in [0.15, 0.2) is 0 Å².